The molecule has 2 aromatic rings. The molecule has 2 atom stereocenters. The van der Waals surface area contributed by atoms with E-state index in [1.807, 2.05) is 6.07 Å². The number of hydrogen-bond acceptors (Lipinski definition) is 7. The summed E-state index contributed by atoms with van der Waals surface area (Å²) in [7, 11) is 0.923. The SMILES string of the molecule is C[N+]([O-])(O)c1cc(C#N)ccc1C(N)C1=C(Nc2ccnc(C(F)(F)F)c2)CCC1=O. The quantitative estimate of drug-likeness (QED) is 0.485. The van der Waals surface area contributed by atoms with Gasteiger partial charge in [-0.15, -0.1) is 0 Å². The summed E-state index contributed by atoms with van der Waals surface area (Å²) in [5.41, 5.74) is 5.66. The second-order valence-corrected chi connectivity index (χ2v) is 7.11. The lowest BCUT2D eigenvalue weighted by molar-refractivity contribution is -0.141. The van der Waals surface area contributed by atoms with Crippen molar-refractivity contribution in [3.63, 3.8) is 0 Å². The lowest BCUT2D eigenvalue weighted by atomic mass is 9.94. The Kier molecular flexibility index (Phi) is 5.84. The van der Waals surface area contributed by atoms with Crippen molar-refractivity contribution in [1.82, 2.24) is 9.79 Å². The van der Waals surface area contributed by atoms with E-state index in [0.29, 0.717) is 5.70 Å². The number of ketones is 1. The van der Waals surface area contributed by atoms with E-state index in [1.54, 1.807) is 0 Å². The molecule has 4 N–H and O–H groups in total. The van der Waals surface area contributed by atoms with Gasteiger partial charge in [-0.2, -0.15) is 23.2 Å². The average molecular weight is 433 g/mol. The van der Waals surface area contributed by atoms with E-state index < -0.39 is 22.7 Å². The standard InChI is InChI=1S/C20H18F3N5O3/c1-28(30,31)15-8-11(10-24)2-3-13(15)19(25)18-14(4-5-16(18)29)27-12-6-7-26-17(9-12)20(21,22)23/h2-3,6-9,19,30H,4-5,25H2,1H3,(H,26,27). The summed E-state index contributed by atoms with van der Waals surface area (Å²) < 4.78 is 38.8. The van der Waals surface area contributed by atoms with Gasteiger partial charge in [-0.25, -0.2) is 5.21 Å². The van der Waals surface area contributed by atoms with Crippen molar-refractivity contribution < 1.29 is 23.2 Å². The predicted molar refractivity (Wildman–Crippen MR) is 105 cm³/mol. The molecule has 0 bridgehead atoms. The molecule has 2 unspecified atom stereocenters. The third-order valence-corrected chi connectivity index (χ3v) is 4.83. The number of allylic oxidation sites excluding steroid dienone is 1. The minimum absolute atomic E-state index is 0.0726. The van der Waals surface area contributed by atoms with Crippen molar-refractivity contribution in [2.75, 3.05) is 12.4 Å². The van der Waals surface area contributed by atoms with Crippen LogP contribution in [0.3, 0.4) is 0 Å². The van der Waals surface area contributed by atoms with Crippen LogP contribution in [0.1, 0.15) is 35.7 Å². The fourth-order valence-electron chi connectivity index (χ4n) is 3.40. The van der Waals surface area contributed by atoms with Crippen molar-refractivity contribution in [3.8, 4) is 6.07 Å². The number of nitrogens with two attached hydrogens (primary N) is 1. The van der Waals surface area contributed by atoms with E-state index >= 15 is 0 Å². The maximum Gasteiger partial charge on any atom is 0.433 e. The largest absolute Gasteiger partial charge is 0.593 e. The molecule has 0 amide bonds. The zero-order valence-corrected chi connectivity index (χ0v) is 16.3. The van der Waals surface area contributed by atoms with E-state index in [-0.39, 0.29) is 46.7 Å². The second-order valence-electron chi connectivity index (χ2n) is 7.11. The van der Waals surface area contributed by atoms with Gasteiger partial charge in [-0.1, -0.05) is 0 Å². The minimum Gasteiger partial charge on any atom is -0.593 e. The zero-order valence-electron chi connectivity index (χ0n) is 16.3. The summed E-state index contributed by atoms with van der Waals surface area (Å²) in [6, 6.07) is 6.77. The number of benzene rings is 1. The van der Waals surface area contributed by atoms with Gasteiger partial charge in [0.2, 0.25) is 0 Å². The maximum absolute atomic E-state index is 12.9. The van der Waals surface area contributed by atoms with Gasteiger partial charge in [0.1, 0.15) is 12.7 Å². The van der Waals surface area contributed by atoms with E-state index in [9.17, 15) is 28.4 Å². The molecule has 0 radical (unpaired) electrons. The summed E-state index contributed by atoms with van der Waals surface area (Å²) >= 11 is 0. The Balaban J connectivity index is 2.04. The molecule has 1 aliphatic carbocycles. The van der Waals surface area contributed by atoms with Crippen LogP contribution in [-0.4, -0.2) is 23.0 Å². The van der Waals surface area contributed by atoms with Gasteiger partial charge in [-0.3, -0.25) is 9.78 Å². The topological polar surface area (TPSA) is 135 Å². The number of nitrogens with zero attached hydrogens (tertiary/aromatic N) is 3. The van der Waals surface area contributed by atoms with Crippen LogP contribution in [0.25, 0.3) is 0 Å². The molecule has 1 heterocycles. The van der Waals surface area contributed by atoms with Crippen LogP contribution in [0.2, 0.25) is 0 Å². The van der Waals surface area contributed by atoms with Crippen molar-refractivity contribution in [2.45, 2.75) is 25.1 Å². The smallest absolute Gasteiger partial charge is 0.433 e. The Hall–Kier alpha value is -3.30. The molecule has 3 rings (SSSR count). The monoisotopic (exact) mass is 433 g/mol. The van der Waals surface area contributed by atoms with E-state index in [2.05, 4.69) is 10.3 Å². The number of pyridine rings is 1. The average Bonchev–Trinajstić information content (AvgIpc) is 3.05. The third kappa shape index (κ3) is 4.73. The number of alkyl halides is 3. The summed E-state index contributed by atoms with van der Waals surface area (Å²) in [6.45, 7) is 0. The molecule has 0 fully saturated rings. The number of anilines is 1. The highest BCUT2D eigenvalue weighted by Gasteiger charge is 2.34. The van der Waals surface area contributed by atoms with Crippen LogP contribution >= 0.6 is 0 Å². The van der Waals surface area contributed by atoms with Crippen molar-refractivity contribution in [3.05, 3.63) is 69.8 Å². The van der Waals surface area contributed by atoms with Crippen LogP contribution in [0.5, 0.6) is 0 Å². The van der Waals surface area contributed by atoms with E-state index in [0.717, 1.165) is 19.3 Å². The highest BCUT2D eigenvalue weighted by molar-refractivity contribution is 6.01. The van der Waals surface area contributed by atoms with Crippen molar-refractivity contribution in [2.24, 2.45) is 5.73 Å². The van der Waals surface area contributed by atoms with Crippen LogP contribution in [0.15, 0.2) is 47.8 Å². The van der Waals surface area contributed by atoms with Gasteiger partial charge < -0.3 is 16.3 Å². The maximum atomic E-state index is 12.9. The van der Waals surface area contributed by atoms with Crippen LogP contribution in [-0.2, 0) is 11.0 Å². The molecule has 1 aliphatic rings. The lowest BCUT2D eigenvalue weighted by Gasteiger charge is -2.31. The zero-order chi connectivity index (χ0) is 23.0. The molecule has 0 saturated heterocycles. The van der Waals surface area contributed by atoms with Crippen LogP contribution < -0.4 is 15.9 Å². The molecular formula is C20H18F3N5O3. The van der Waals surface area contributed by atoms with Crippen LogP contribution in [0.4, 0.5) is 24.5 Å². The Bertz CT molecular complexity index is 1100. The molecule has 0 spiro atoms. The van der Waals surface area contributed by atoms with Crippen molar-refractivity contribution in [1.29, 1.82) is 5.26 Å². The summed E-state index contributed by atoms with van der Waals surface area (Å²) in [5.74, 6) is -0.339. The summed E-state index contributed by atoms with van der Waals surface area (Å²) in [4.78, 5) is 14.0. The van der Waals surface area contributed by atoms with Gasteiger partial charge in [-0.05, 0) is 30.7 Å². The second kappa shape index (κ2) is 8.09. The van der Waals surface area contributed by atoms with Crippen molar-refractivity contribution >= 4 is 17.2 Å². The summed E-state index contributed by atoms with van der Waals surface area (Å²) in [5, 5.41) is 34.0. The number of halogens is 3. The van der Waals surface area contributed by atoms with E-state index in [1.165, 1.54) is 24.3 Å². The first-order valence-electron chi connectivity index (χ1n) is 9.09. The molecule has 162 valence electrons. The Morgan fingerprint density at radius 3 is 2.65 bits per heavy atom. The van der Waals surface area contributed by atoms with Gasteiger partial charge in [0.05, 0.1) is 17.7 Å². The number of hydrogen-bond donors (Lipinski definition) is 3. The Morgan fingerprint density at radius 1 is 1.32 bits per heavy atom. The van der Waals surface area contributed by atoms with Gasteiger partial charge in [0.25, 0.3) is 0 Å². The molecule has 1 aromatic heterocycles. The number of nitriles is 1. The fraction of sp³-hybridized carbons (Fsp3) is 0.250. The van der Waals surface area contributed by atoms with Crippen LogP contribution in [0, 0.1) is 16.5 Å². The fourth-order valence-corrected chi connectivity index (χ4v) is 3.40. The highest BCUT2D eigenvalue weighted by Crippen LogP contribution is 2.38. The molecule has 31 heavy (non-hydrogen) atoms. The number of quaternary nitrogens is 1. The highest BCUT2D eigenvalue weighted by atomic mass is 19.4. The number of carbonyl (C=O) groups excluding carboxylic acids is 1. The number of hydroxylamine groups is 2. The number of carbonyl (C=O) groups is 1. The number of Topliss-reactive ketones (excluding diaryl/α,β-unsaturated/α-hetero) is 1. The van der Waals surface area contributed by atoms with E-state index in [4.69, 9.17) is 11.0 Å². The summed E-state index contributed by atoms with van der Waals surface area (Å²) in [6.07, 6.45) is -3.35. The molecule has 0 aliphatic heterocycles. The number of nitrogens with one attached hydrogen (secondary N) is 1. The first kappa shape index (κ1) is 22.4. The molecule has 11 heteroatoms. The Morgan fingerprint density at radius 2 is 2.03 bits per heavy atom. The normalized spacial score (nSPS) is 17.3. The first-order chi connectivity index (χ1) is 14.4. The number of rotatable bonds is 5. The minimum atomic E-state index is -4.63. The Labute approximate surface area is 175 Å². The third-order valence-electron chi connectivity index (χ3n) is 4.83. The van der Waals surface area contributed by atoms with Gasteiger partial charge >= 0.3 is 6.18 Å². The molecular weight excluding hydrogens is 415 g/mol. The molecule has 1 aromatic carbocycles. The number of aromatic nitrogens is 1. The van der Waals surface area contributed by atoms with Gasteiger partial charge in [0, 0.05) is 41.2 Å². The molecule has 8 nitrogen and oxygen atoms in total. The first-order valence-corrected chi connectivity index (χ1v) is 9.09. The van der Waals surface area contributed by atoms with Gasteiger partial charge in [0.15, 0.2) is 11.5 Å². The molecule has 0 saturated carbocycles. The predicted octanol–water partition coefficient (Wildman–Crippen LogP) is 3.53. The lowest BCUT2D eigenvalue weighted by Crippen LogP contribution is -2.36.